The largest absolute Gasteiger partial charge is 0.460 e. The minimum Gasteiger partial charge on any atom is -0.304 e. The maximum atomic E-state index is 13.3. The summed E-state index contributed by atoms with van der Waals surface area (Å²) in [5.74, 6) is -15.9. The van der Waals surface area contributed by atoms with Crippen LogP contribution in [0.2, 0.25) is 0 Å². The van der Waals surface area contributed by atoms with Crippen LogP contribution in [0, 0.1) is 6.92 Å². The quantitative estimate of drug-likeness (QED) is 0.794. The van der Waals surface area contributed by atoms with E-state index in [2.05, 4.69) is 5.10 Å². The molecule has 1 aromatic heterocycles. The van der Waals surface area contributed by atoms with Crippen LogP contribution in [0.5, 0.6) is 0 Å². The van der Waals surface area contributed by atoms with E-state index in [1.54, 1.807) is 31.2 Å². The van der Waals surface area contributed by atoms with Crippen LogP contribution < -0.4 is 5.32 Å². The molecule has 26 heavy (non-hydrogen) atoms. The average Bonchev–Trinajstić information content (AvgIpc) is 2.95. The number of benzene rings is 1. The van der Waals surface area contributed by atoms with Gasteiger partial charge in [-0.1, -0.05) is 24.3 Å². The van der Waals surface area contributed by atoms with E-state index in [9.17, 15) is 35.5 Å². The number of hydrogen-bond donors (Lipinski definition) is 1. The summed E-state index contributed by atoms with van der Waals surface area (Å²) in [7, 11) is 0. The van der Waals surface area contributed by atoms with Crippen molar-refractivity contribution in [1.29, 1.82) is 0 Å². The zero-order valence-corrected chi connectivity index (χ0v) is 13.1. The highest BCUT2D eigenvalue weighted by molar-refractivity contribution is 5.96. The molecule has 0 saturated carbocycles. The lowest BCUT2D eigenvalue weighted by Crippen LogP contribution is -2.57. The van der Waals surface area contributed by atoms with Crippen LogP contribution in [0.15, 0.2) is 36.5 Å². The molecule has 2 rings (SSSR count). The molecule has 1 heterocycles. The van der Waals surface area contributed by atoms with Gasteiger partial charge >= 0.3 is 23.9 Å². The monoisotopic (exact) mass is 383 g/mol. The Morgan fingerprint density at radius 2 is 1.69 bits per heavy atom. The summed E-state index contributed by atoms with van der Waals surface area (Å²) >= 11 is 0. The lowest BCUT2D eigenvalue weighted by atomic mass is 10.1. The lowest BCUT2D eigenvalue weighted by molar-refractivity contribution is -0.343. The maximum Gasteiger partial charge on any atom is 0.460 e. The molecule has 0 atom stereocenters. The minimum absolute atomic E-state index is 0.178. The molecule has 0 aliphatic carbocycles. The van der Waals surface area contributed by atoms with Gasteiger partial charge in [-0.05, 0) is 18.1 Å². The zero-order valence-electron chi connectivity index (χ0n) is 13.1. The predicted molar refractivity (Wildman–Crippen MR) is 77.1 cm³/mol. The summed E-state index contributed by atoms with van der Waals surface area (Å²) in [5, 5.41) is 4.95. The fourth-order valence-electron chi connectivity index (χ4n) is 1.99. The molecule has 1 amide bonds. The lowest BCUT2D eigenvalue weighted by Gasteiger charge is -2.26. The van der Waals surface area contributed by atoms with E-state index < -0.39 is 29.7 Å². The first-order chi connectivity index (χ1) is 11.9. The highest BCUT2D eigenvalue weighted by Gasteiger charge is 2.76. The molecule has 4 nitrogen and oxygen atoms in total. The van der Waals surface area contributed by atoms with Crippen molar-refractivity contribution in [1.82, 2.24) is 9.78 Å². The second kappa shape index (κ2) is 6.61. The van der Waals surface area contributed by atoms with Gasteiger partial charge in [0.15, 0.2) is 5.82 Å². The van der Waals surface area contributed by atoms with Crippen molar-refractivity contribution in [3.63, 3.8) is 0 Å². The second-order valence-electron chi connectivity index (χ2n) is 5.43. The van der Waals surface area contributed by atoms with Crippen LogP contribution in [0.25, 0.3) is 0 Å². The number of anilines is 1. The number of amides is 1. The van der Waals surface area contributed by atoms with Gasteiger partial charge in [-0.3, -0.25) is 9.48 Å². The van der Waals surface area contributed by atoms with E-state index in [1.165, 1.54) is 16.2 Å². The minimum atomic E-state index is -6.59. The Bertz CT molecular complexity index is 799. The summed E-state index contributed by atoms with van der Waals surface area (Å²) in [6.07, 6.45) is -5.33. The van der Waals surface area contributed by atoms with Gasteiger partial charge in [-0.25, -0.2) is 0 Å². The van der Waals surface area contributed by atoms with Gasteiger partial charge in [-0.15, -0.1) is 0 Å². The van der Waals surface area contributed by atoms with E-state index in [-0.39, 0.29) is 6.54 Å². The average molecular weight is 383 g/mol. The topological polar surface area (TPSA) is 46.9 Å². The molecule has 0 saturated heterocycles. The Morgan fingerprint density at radius 3 is 2.27 bits per heavy atom. The van der Waals surface area contributed by atoms with Crippen LogP contribution in [-0.2, 0) is 11.3 Å². The van der Waals surface area contributed by atoms with E-state index in [0.717, 1.165) is 17.2 Å². The summed E-state index contributed by atoms with van der Waals surface area (Å²) in [4.78, 5) is 11.3. The van der Waals surface area contributed by atoms with Gasteiger partial charge in [-0.2, -0.15) is 35.8 Å². The first-order valence-corrected chi connectivity index (χ1v) is 7.08. The van der Waals surface area contributed by atoms with Crippen molar-refractivity contribution in [2.24, 2.45) is 0 Å². The molecule has 11 heteroatoms. The number of halogens is 7. The SMILES string of the molecule is Cc1ccccc1Cn1ccc(NC(=O)C(F)(F)C(F)(F)C(F)(F)F)n1. The Morgan fingerprint density at radius 1 is 1.08 bits per heavy atom. The Labute approximate surface area is 142 Å². The Balaban J connectivity index is 2.13. The van der Waals surface area contributed by atoms with Crippen LogP contribution in [0.1, 0.15) is 11.1 Å². The molecule has 0 aliphatic heterocycles. The van der Waals surface area contributed by atoms with Crippen LogP contribution in [-0.4, -0.2) is 33.7 Å². The number of nitrogens with zero attached hydrogens (tertiary/aromatic N) is 2. The molecule has 1 aromatic carbocycles. The van der Waals surface area contributed by atoms with Crippen molar-refractivity contribution in [3.05, 3.63) is 47.7 Å². The molecule has 0 spiro atoms. The van der Waals surface area contributed by atoms with Gasteiger partial charge in [0.05, 0.1) is 6.54 Å². The highest BCUT2D eigenvalue weighted by Crippen LogP contribution is 2.46. The summed E-state index contributed by atoms with van der Waals surface area (Å²) in [6.45, 7) is 1.99. The number of nitrogens with one attached hydrogen (secondary N) is 1. The summed E-state index contributed by atoms with van der Waals surface area (Å²) in [6, 6.07) is 8.09. The Hall–Kier alpha value is -2.59. The standard InChI is InChI=1S/C15H12F7N3O/c1-9-4-2-3-5-10(9)8-25-7-6-11(24-25)23-12(26)13(16,17)14(18,19)15(20,21)22/h2-7H,8H2,1H3,(H,23,24,26). The van der Waals surface area contributed by atoms with Gasteiger partial charge in [0.25, 0.3) is 0 Å². The van der Waals surface area contributed by atoms with Crippen molar-refractivity contribution in [2.45, 2.75) is 31.5 Å². The van der Waals surface area contributed by atoms with E-state index in [0.29, 0.717) is 0 Å². The molecule has 0 bridgehead atoms. The fraction of sp³-hybridized carbons (Fsp3) is 0.333. The van der Waals surface area contributed by atoms with Crippen LogP contribution >= 0.6 is 0 Å². The molecule has 0 unspecified atom stereocenters. The molecular weight excluding hydrogens is 371 g/mol. The fourth-order valence-corrected chi connectivity index (χ4v) is 1.99. The van der Waals surface area contributed by atoms with Gasteiger partial charge in [0.2, 0.25) is 0 Å². The first-order valence-electron chi connectivity index (χ1n) is 7.08. The number of rotatable bonds is 5. The highest BCUT2D eigenvalue weighted by atomic mass is 19.4. The zero-order chi connectivity index (χ0) is 19.8. The number of alkyl halides is 7. The van der Waals surface area contributed by atoms with Crippen molar-refractivity contribution in [2.75, 3.05) is 5.32 Å². The van der Waals surface area contributed by atoms with Crippen molar-refractivity contribution < 1.29 is 35.5 Å². The number of carbonyl (C=O) groups is 1. The number of aromatic nitrogens is 2. The van der Waals surface area contributed by atoms with Gasteiger partial charge < -0.3 is 5.32 Å². The summed E-state index contributed by atoms with van der Waals surface area (Å²) in [5.41, 5.74) is 1.70. The van der Waals surface area contributed by atoms with Crippen molar-refractivity contribution >= 4 is 11.7 Å². The van der Waals surface area contributed by atoms with Gasteiger partial charge in [0, 0.05) is 12.3 Å². The Kier molecular flexibility index (Phi) is 5.02. The van der Waals surface area contributed by atoms with Crippen LogP contribution in [0.3, 0.4) is 0 Å². The number of aryl methyl sites for hydroxylation is 1. The summed E-state index contributed by atoms with van der Waals surface area (Å²) < 4.78 is 89.7. The molecule has 0 fully saturated rings. The first kappa shape index (κ1) is 19.7. The second-order valence-corrected chi connectivity index (χ2v) is 5.43. The molecule has 2 aromatic rings. The third-order valence-corrected chi connectivity index (χ3v) is 3.51. The third kappa shape index (κ3) is 3.65. The van der Waals surface area contributed by atoms with Crippen molar-refractivity contribution in [3.8, 4) is 0 Å². The molecular formula is C15H12F7N3O. The van der Waals surface area contributed by atoms with E-state index in [4.69, 9.17) is 0 Å². The normalized spacial score (nSPS) is 12.9. The number of carbonyl (C=O) groups excluding carboxylic acids is 1. The number of hydrogen-bond acceptors (Lipinski definition) is 2. The smallest absolute Gasteiger partial charge is 0.304 e. The molecule has 0 radical (unpaired) electrons. The van der Waals surface area contributed by atoms with E-state index >= 15 is 0 Å². The van der Waals surface area contributed by atoms with Gasteiger partial charge in [0.1, 0.15) is 0 Å². The molecule has 0 aliphatic rings. The third-order valence-electron chi connectivity index (χ3n) is 3.51. The molecule has 1 N–H and O–H groups in total. The maximum absolute atomic E-state index is 13.3. The predicted octanol–water partition coefficient (Wildman–Crippen LogP) is 4.01. The van der Waals surface area contributed by atoms with E-state index in [1.807, 2.05) is 0 Å². The molecule has 142 valence electrons. The van der Waals surface area contributed by atoms with Crippen LogP contribution in [0.4, 0.5) is 36.6 Å².